The molecule has 0 amide bonds. The lowest BCUT2D eigenvalue weighted by atomic mass is 10.1. The quantitative estimate of drug-likeness (QED) is 0.670. The SMILES string of the molecule is CN(Cc1ccc(C(=N)N)cc1Cl)c1ccccc1F. The highest BCUT2D eigenvalue weighted by molar-refractivity contribution is 6.31. The third-order valence-electron chi connectivity index (χ3n) is 3.04. The summed E-state index contributed by atoms with van der Waals surface area (Å²) in [6.45, 7) is 0.470. The minimum atomic E-state index is -0.272. The van der Waals surface area contributed by atoms with Crippen LogP contribution in [0.5, 0.6) is 0 Å². The molecule has 0 bridgehead atoms. The molecule has 0 aliphatic rings. The molecule has 0 saturated heterocycles. The molecule has 0 aliphatic heterocycles. The third-order valence-corrected chi connectivity index (χ3v) is 3.39. The monoisotopic (exact) mass is 291 g/mol. The first-order chi connectivity index (χ1) is 9.49. The summed E-state index contributed by atoms with van der Waals surface area (Å²) in [7, 11) is 1.80. The van der Waals surface area contributed by atoms with Crippen LogP contribution in [0.3, 0.4) is 0 Å². The molecule has 0 radical (unpaired) electrons. The van der Waals surface area contributed by atoms with E-state index in [1.165, 1.54) is 6.07 Å². The van der Waals surface area contributed by atoms with Crippen molar-refractivity contribution in [3.8, 4) is 0 Å². The zero-order valence-corrected chi connectivity index (χ0v) is 11.8. The molecule has 0 spiro atoms. The number of hydrogen-bond acceptors (Lipinski definition) is 2. The molecule has 3 nitrogen and oxygen atoms in total. The molecular formula is C15H15ClFN3. The molecular weight excluding hydrogens is 277 g/mol. The number of rotatable bonds is 4. The zero-order valence-electron chi connectivity index (χ0n) is 11.0. The number of nitrogens with one attached hydrogen (secondary N) is 1. The van der Waals surface area contributed by atoms with Gasteiger partial charge in [0.1, 0.15) is 11.7 Å². The van der Waals surface area contributed by atoms with E-state index in [0.717, 1.165) is 5.56 Å². The van der Waals surface area contributed by atoms with Gasteiger partial charge in [-0.2, -0.15) is 0 Å². The Bertz CT molecular complexity index is 643. The Morgan fingerprint density at radius 3 is 2.60 bits per heavy atom. The van der Waals surface area contributed by atoms with Crippen molar-refractivity contribution in [2.45, 2.75) is 6.54 Å². The van der Waals surface area contributed by atoms with E-state index in [4.69, 9.17) is 22.7 Å². The van der Waals surface area contributed by atoms with E-state index >= 15 is 0 Å². The van der Waals surface area contributed by atoms with E-state index in [1.54, 1.807) is 48.3 Å². The van der Waals surface area contributed by atoms with E-state index in [1.807, 2.05) is 0 Å². The Morgan fingerprint density at radius 2 is 2.00 bits per heavy atom. The van der Waals surface area contributed by atoms with Crippen molar-refractivity contribution in [2.24, 2.45) is 5.73 Å². The molecule has 0 aromatic heterocycles. The number of nitrogens with two attached hydrogens (primary N) is 1. The highest BCUT2D eigenvalue weighted by atomic mass is 35.5. The molecule has 20 heavy (non-hydrogen) atoms. The van der Waals surface area contributed by atoms with Crippen LogP contribution in [-0.2, 0) is 6.54 Å². The van der Waals surface area contributed by atoms with Crippen molar-refractivity contribution in [1.29, 1.82) is 5.41 Å². The Hall–Kier alpha value is -2.07. The minimum Gasteiger partial charge on any atom is -0.384 e. The zero-order chi connectivity index (χ0) is 14.7. The van der Waals surface area contributed by atoms with Crippen LogP contribution in [0.15, 0.2) is 42.5 Å². The summed E-state index contributed by atoms with van der Waals surface area (Å²) in [6, 6.07) is 11.8. The topological polar surface area (TPSA) is 53.1 Å². The fourth-order valence-corrected chi connectivity index (χ4v) is 2.19. The maximum Gasteiger partial charge on any atom is 0.146 e. The van der Waals surface area contributed by atoms with Crippen molar-refractivity contribution < 1.29 is 4.39 Å². The fourth-order valence-electron chi connectivity index (χ4n) is 1.95. The Balaban J connectivity index is 2.22. The van der Waals surface area contributed by atoms with E-state index in [2.05, 4.69) is 0 Å². The van der Waals surface area contributed by atoms with E-state index in [-0.39, 0.29) is 11.7 Å². The second-order valence-corrected chi connectivity index (χ2v) is 4.93. The molecule has 0 unspecified atom stereocenters. The molecule has 5 heteroatoms. The van der Waals surface area contributed by atoms with Crippen molar-refractivity contribution >= 4 is 23.1 Å². The van der Waals surface area contributed by atoms with Gasteiger partial charge in [0, 0.05) is 24.2 Å². The third kappa shape index (κ3) is 3.08. The number of halogens is 2. The minimum absolute atomic E-state index is 0.0269. The second kappa shape index (κ2) is 5.92. The lowest BCUT2D eigenvalue weighted by Crippen LogP contribution is -2.18. The van der Waals surface area contributed by atoms with Crippen LogP contribution in [0.25, 0.3) is 0 Å². The summed E-state index contributed by atoms with van der Waals surface area (Å²) in [5.74, 6) is -0.299. The molecule has 2 aromatic rings. The molecule has 0 saturated carbocycles. The van der Waals surface area contributed by atoms with Crippen LogP contribution >= 0.6 is 11.6 Å². The number of hydrogen-bond donors (Lipinski definition) is 2. The van der Waals surface area contributed by atoms with Crippen LogP contribution in [0, 0.1) is 11.2 Å². The Labute approximate surface area is 122 Å². The summed E-state index contributed by atoms with van der Waals surface area (Å²) >= 11 is 6.17. The molecule has 0 aliphatic carbocycles. The first kappa shape index (κ1) is 14.3. The fraction of sp³-hybridized carbons (Fsp3) is 0.133. The van der Waals surface area contributed by atoms with Crippen LogP contribution in [-0.4, -0.2) is 12.9 Å². The average molecular weight is 292 g/mol. The van der Waals surface area contributed by atoms with Gasteiger partial charge in [0.2, 0.25) is 0 Å². The highest BCUT2D eigenvalue weighted by Gasteiger charge is 2.10. The Morgan fingerprint density at radius 1 is 1.30 bits per heavy atom. The summed E-state index contributed by atoms with van der Waals surface area (Å²) in [5, 5.41) is 7.88. The predicted molar refractivity (Wildman–Crippen MR) is 81.0 cm³/mol. The number of benzene rings is 2. The van der Waals surface area contributed by atoms with Gasteiger partial charge in [-0.25, -0.2) is 4.39 Å². The number of nitrogen functional groups attached to an aromatic ring is 1. The molecule has 104 valence electrons. The van der Waals surface area contributed by atoms with Crippen LogP contribution < -0.4 is 10.6 Å². The maximum absolute atomic E-state index is 13.7. The van der Waals surface area contributed by atoms with E-state index in [9.17, 15) is 4.39 Å². The number of anilines is 1. The van der Waals surface area contributed by atoms with Crippen molar-refractivity contribution in [3.05, 3.63) is 64.4 Å². The van der Waals surface area contributed by atoms with E-state index < -0.39 is 0 Å². The van der Waals surface area contributed by atoms with Gasteiger partial charge in [-0.05, 0) is 23.8 Å². The summed E-state index contributed by atoms with van der Waals surface area (Å²) in [5.41, 5.74) is 7.35. The first-order valence-corrected chi connectivity index (χ1v) is 6.45. The summed E-state index contributed by atoms with van der Waals surface area (Å²) in [4.78, 5) is 1.78. The van der Waals surface area contributed by atoms with Gasteiger partial charge in [0.15, 0.2) is 0 Å². The van der Waals surface area contributed by atoms with Gasteiger partial charge < -0.3 is 10.6 Å². The lowest BCUT2D eigenvalue weighted by Gasteiger charge is -2.20. The summed E-state index contributed by atoms with van der Waals surface area (Å²) in [6.07, 6.45) is 0. The molecule has 2 aromatic carbocycles. The first-order valence-electron chi connectivity index (χ1n) is 6.07. The standard InChI is InChI=1S/C15H15ClFN3/c1-20(14-5-3-2-4-13(14)17)9-11-7-6-10(15(18)19)8-12(11)16/h2-8H,9H2,1H3,(H3,18,19). The highest BCUT2D eigenvalue weighted by Crippen LogP contribution is 2.23. The largest absolute Gasteiger partial charge is 0.384 e. The molecule has 0 atom stereocenters. The number of amidine groups is 1. The predicted octanol–water partition coefficient (Wildman–Crippen LogP) is 3.40. The van der Waals surface area contributed by atoms with Crippen molar-refractivity contribution in [3.63, 3.8) is 0 Å². The normalized spacial score (nSPS) is 10.3. The van der Waals surface area contributed by atoms with Crippen LogP contribution in [0.2, 0.25) is 5.02 Å². The smallest absolute Gasteiger partial charge is 0.146 e. The van der Waals surface area contributed by atoms with E-state index in [0.29, 0.717) is 22.8 Å². The second-order valence-electron chi connectivity index (χ2n) is 4.53. The van der Waals surface area contributed by atoms with Gasteiger partial charge in [-0.1, -0.05) is 35.9 Å². The molecule has 2 rings (SSSR count). The molecule has 0 heterocycles. The van der Waals surface area contributed by atoms with Gasteiger partial charge in [-0.3, -0.25) is 5.41 Å². The number of para-hydroxylation sites is 1. The summed E-state index contributed by atoms with van der Waals surface area (Å²) < 4.78 is 13.7. The lowest BCUT2D eigenvalue weighted by molar-refractivity contribution is 0.622. The van der Waals surface area contributed by atoms with Gasteiger partial charge in [0.05, 0.1) is 5.69 Å². The van der Waals surface area contributed by atoms with Crippen LogP contribution in [0.1, 0.15) is 11.1 Å². The van der Waals surface area contributed by atoms with Gasteiger partial charge >= 0.3 is 0 Å². The maximum atomic E-state index is 13.7. The Kier molecular flexibility index (Phi) is 4.25. The van der Waals surface area contributed by atoms with Gasteiger partial charge in [0.25, 0.3) is 0 Å². The molecule has 3 N–H and O–H groups in total. The molecule has 0 fully saturated rings. The van der Waals surface area contributed by atoms with Gasteiger partial charge in [-0.15, -0.1) is 0 Å². The number of nitrogens with zero attached hydrogens (tertiary/aromatic N) is 1. The van der Waals surface area contributed by atoms with Crippen molar-refractivity contribution in [2.75, 3.05) is 11.9 Å². The average Bonchev–Trinajstić information content (AvgIpc) is 2.41. The van der Waals surface area contributed by atoms with Crippen molar-refractivity contribution in [1.82, 2.24) is 0 Å². The van der Waals surface area contributed by atoms with Crippen LogP contribution in [0.4, 0.5) is 10.1 Å².